The molecule has 2 N–H and O–H groups in total. The van der Waals surface area contributed by atoms with Crippen LogP contribution in [0.15, 0.2) is 6.07 Å². The van der Waals surface area contributed by atoms with Gasteiger partial charge in [0.25, 0.3) is 0 Å². The van der Waals surface area contributed by atoms with Crippen molar-refractivity contribution in [2.24, 2.45) is 0 Å². The van der Waals surface area contributed by atoms with E-state index in [9.17, 15) is 15.0 Å². The van der Waals surface area contributed by atoms with Crippen molar-refractivity contribution in [2.45, 2.75) is 26.7 Å². The summed E-state index contributed by atoms with van der Waals surface area (Å²) in [6.45, 7) is 3.23. The molecular formula is C11H13ClO3. The van der Waals surface area contributed by atoms with Crippen LogP contribution in [-0.2, 0) is 6.42 Å². The predicted molar refractivity (Wildman–Crippen MR) is 58.8 cm³/mol. The summed E-state index contributed by atoms with van der Waals surface area (Å²) >= 11 is 5.76. The van der Waals surface area contributed by atoms with Gasteiger partial charge >= 0.3 is 0 Å². The number of Topliss-reactive ketones (excluding diaryl/α,β-unsaturated/α-hetero) is 1. The zero-order chi connectivity index (χ0) is 11.6. The number of phenols is 2. The summed E-state index contributed by atoms with van der Waals surface area (Å²) in [5.41, 5.74) is 0.497. The summed E-state index contributed by atoms with van der Waals surface area (Å²) in [6.07, 6.45) is 1.44. The summed E-state index contributed by atoms with van der Waals surface area (Å²) in [5, 5.41) is 19.4. The van der Waals surface area contributed by atoms with Crippen molar-refractivity contribution < 1.29 is 15.0 Å². The SMILES string of the molecule is CCCc1cc(Cl)c(O)c(C(C)=O)c1O. The number of benzene rings is 1. The van der Waals surface area contributed by atoms with Crippen LogP contribution in [0, 0.1) is 0 Å². The molecule has 0 aromatic heterocycles. The number of carbonyl (C=O) groups is 1. The number of ketones is 1. The Morgan fingerprint density at radius 2 is 2.00 bits per heavy atom. The first-order valence-electron chi connectivity index (χ1n) is 4.73. The Morgan fingerprint density at radius 3 is 2.47 bits per heavy atom. The van der Waals surface area contributed by atoms with Crippen LogP contribution in [0.3, 0.4) is 0 Å². The van der Waals surface area contributed by atoms with E-state index < -0.39 is 5.78 Å². The van der Waals surface area contributed by atoms with Gasteiger partial charge in [0.15, 0.2) is 5.78 Å². The van der Waals surface area contributed by atoms with Crippen molar-refractivity contribution in [1.29, 1.82) is 0 Å². The van der Waals surface area contributed by atoms with E-state index in [-0.39, 0.29) is 22.1 Å². The highest BCUT2D eigenvalue weighted by Gasteiger charge is 2.19. The molecule has 0 aliphatic rings. The fraction of sp³-hybridized carbons (Fsp3) is 0.364. The number of aromatic hydroxyl groups is 2. The highest BCUT2D eigenvalue weighted by atomic mass is 35.5. The molecule has 0 radical (unpaired) electrons. The molecule has 1 aromatic carbocycles. The molecule has 0 heterocycles. The summed E-state index contributed by atoms with van der Waals surface area (Å²) in [7, 11) is 0. The van der Waals surface area contributed by atoms with Crippen molar-refractivity contribution in [3.63, 3.8) is 0 Å². The molecule has 15 heavy (non-hydrogen) atoms. The fourth-order valence-corrected chi connectivity index (χ4v) is 1.70. The van der Waals surface area contributed by atoms with Gasteiger partial charge in [0.05, 0.1) is 5.02 Å². The Balaban J connectivity index is 3.42. The topological polar surface area (TPSA) is 57.5 Å². The fourth-order valence-electron chi connectivity index (χ4n) is 1.48. The molecule has 0 aliphatic heterocycles. The van der Waals surface area contributed by atoms with Crippen molar-refractivity contribution in [2.75, 3.05) is 0 Å². The van der Waals surface area contributed by atoms with Crippen LogP contribution in [0.4, 0.5) is 0 Å². The lowest BCUT2D eigenvalue weighted by molar-refractivity contribution is 0.101. The van der Waals surface area contributed by atoms with Gasteiger partial charge in [-0.05, 0) is 25.0 Å². The quantitative estimate of drug-likeness (QED) is 0.782. The highest BCUT2D eigenvalue weighted by molar-refractivity contribution is 6.33. The third kappa shape index (κ3) is 2.23. The maximum atomic E-state index is 11.2. The van der Waals surface area contributed by atoms with E-state index in [1.165, 1.54) is 13.0 Å². The third-order valence-corrected chi connectivity index (χ3v) is 2.46. The monoisotopic (exact) mass is 228 g/mol. The number of hydrogen-bond acceptors (Lipinski definition) is 3. The standard InChI is InChI=1S/C11H13ClO3/c1-3-4-7-5-8(12)11(15)9(6(2)13)10(7)14/h5,14-15H,3-4H2,1-2H3. The molecule has 82 valence electrons. The average molecular weight is 229 g/mol. The van der Waals surface area contributed by atoms with Crippen LogP contribution in [0.2, 0.25) is 5.02 Å². The van der Waals surface area contributed by atoms with Crippen LogP contribution in [0.1, 0.15) is 36.2 Å². The molecule has 4 heteroatoms. The molecule has 0 unspecified atom stereocenters. The number of hydrogen-bond donors (Lipinski definition) is 2. The minimum absolute atomic E-state index is 0.0917. The lowest BCUT2D eigenvalue weighted by Crippen LogP contribution is -1.98. The second-order valence-corrected chi connectivity index (χ2v) is 3.80. The van der Waals surface area contributed by atoms with E-state index in [4.69, 9.17) is 11.6 Å². The van der Waals surface area contributed by atoms with E-state index in [0.717, 1.165) is 6.42 Å². The second-order valence-electron chi connectivity index (χ2n) is 3.40. The first kappa shape index (κ1) is 11.9. The molecule has 0 bridgehead atoms. The van der Waals surface area contributed by atoms with Crippen molar-refractivity contribution >= 4 is 17.4 Å². The normalized spacial score (nSPS) is 10.3. The molecular weight excluding hydrogens is 216 g/mol. The van der Waals surface area contributed by atoms with Crippen LogP contribution >= 0.6 is 11.6 Å². The minimum Gasteiger partial charge on any atom is -0.507 e. The number of halogens is 1. The Labute approximate surface area is 93.3 Å². The Hall–Kier alpha value is -1.22. The average Bonchev–Trinajstić information content (AvgIpc) is 2.14. The minimum atomic E-state index is -0.398. The van der Waals surface area contributed by atoms with Crippen molar-refractivity contribution in [1.82, 2.24) is 0 Å². The largest absolute Gasteiger partial charge is 0.507 e. The molecule has 0 saturated heterocycles. The van der Waals surface area contributed by atoms with Crippen molar-refractivity contribution in [3.05, 3.63) is 22.2 Å². The summed E-state index contributed by atoms with van der Waals surface area (Å²) in [4.78, 5) is 11.2. The van der Waals surface area contributed by atoms with Gasteiger partial charge in [0.2, 0.25) is 0 Å². The smallest absolute Gasteiger partial charge is 0.167 e. The van der Waals surface area contributed by atoms with Gasteiger partial charge in [-0.3, -0.25) is 4.79 Å². The van der Waals surface area contributed by atoms with E-state index in [1.807, 2.05) is 6.92 Å². The van der Waals surface area contributed by atoms with Crippen LogP contribution in [0.25, 0.3) is 0 Å². The van der Waals surface area contributed by atoms with E-state index in [0.29, 0.717) is 12.0 Å². The number of phenolic OH excluding ortho intramolecular Hbond substituents is 2. The molecule has 1 rings (SSSR count). The molecule has 1 aromatic rings. The number of aryl methyl sites for hydroxylation is 1. The van der Waals surface area contributed by atoms with Gasteiger partial charge in [0.1, 0.15) is 17.1 Å². The van der Waals surface area contributed by atoms with Gasteiger partial charge in [-0.2, -0.15) is 0 Å². The molecule has 0 saturated carbocycles. The number of rotatable bonds is 3. The van der Waals surface area contributed by atoms with E-state index >= 15 is 0 Å². The maximum Gasteiger partial charge on any atom is 0.167 e. The van der Waals surface area contributed by atoms with Crippen LogP contribution in [0.5, 0.6) is 11.5 Å². The first-order valence-corrected chi connectivity index (χ1v) is 5.11. The third-order valence-electron chi connectivity index (χ3n) is 2.18. The second kappa shape index (κ2) is 4.53. The Kier molecular flexibility index (Phi) is 3.58. The molecule has 0 spiro atoms. The Bertz CT molecular complexity index is 399. The highest BCUT2D eigenvalue weighted by Crippen LogP contribution is 2.37. The molecule has 0 amide bonds. The summed E-state index contributed by atoms with van der Waals surface area (Å²) in [5.74, 6) is -0.905. The molecule has 3 nitrogen and oxygen atoms in total. The summed E-state index contributed by atoms with van der Waals surface area (Å²) in [6, 6.07) is 1.49. The molecule has 0 fully saturated rings. The summed E-state index contributed by atoms with van der Waals surface area (Å²) < 4.78 is 0. The van der Waals surface area contributed by atoms with E-state index in [2.05, 4.69) is 0 Å². The number of carbonyl (C=O) groups excluding carboxylic acids is 1. The van der Waals surface area contributed by atoms with E-state index in [1.54, 1.807) is 0 Å². The maximum absolute atomic E-state index is 11.2. The van der Waals surface area contributed by atoms with Crippen LogP contribution < -0.4 is 0 Å². The van der Waals surface area contributed by atoms with Gasteiger partial charge in [-0.25, -0.2) is 0 Å². The van der Waals surface area contributed by atoms with Crippen LogP contribution in [-0.4, -0.2) is 16.0 Å². The molecule has 0 atom stereocenters. The zero-order valence-corrected chi connectivity index (χ0v) is 9.43. The molecule has 0 aliphatic carbocycles. The lowest BCUT2D eigenvalue weighted by atomic mass is 10.0. The van der Waals surface area contributed by atoms with Gasteiger partial charge in [0, 0.05) is 0 Å². The van der Waals surface area contributed by atoms with Gasteiger partial charge < -0.3 is 10.2 Å². The van der Waals surface area contributed by atoms with Gasteiger partial charge in [-0.15, -0.1) is 0 Å². The lowest BCUT2D eigenvalue weighted by Gasteiger charge is -2.10. The first-order chi connectivity index (χ1) is 6.99. The Morgan fingerprint density at radius 1 is 1.40 bits per heavy atom. The van der Waals surface area contributed by atoms with Gasteiger partial charge in [-0.1, -0.05) is 24.9 Å². The zero-order valence-electron chi connectivity index (χ0n) is 8.67. The van der Waals surface area contributed by atoms with Crippen molar-refractivity contribution in [3.8, 4) is 11.5 Å². The predicted octanol–water partition coefficient (Wildman–Crippen LogP) is 2.91.